The summed E-state index contributed by atoms with van der Waals surface area (Å²) in [5, 5.41) is 0. The van der Waals surface area contributed by atoms with E-state index >= 15 is 0 Å². The van der Waals surface area contributed by atoms with Crippen LogP contribution in [0.3, 0.4) is 0 Å². The van der Waals surface area contributed by atoms with E-state index in [9.17, 15) is 8.42 Å². The van der Waals surface area contributed by atoms with Gasteiger partial charge in [-0.1, -0.05) is 12.8 Å². The van der Waals surface area contributed by atoms with E-state index in [1.54, 1.807) is 12.3 Å². The minimum Gasteiger partial charge on any atom is -0.349 e. The molecule has 21 heavy (non-hydrogen) atoms. The number of nitrogens with one attached hydrogen (secondary N) is 1. The van der Waals surface area contributed by atoms with E-state index in [1.807, 2.05) is 23.3 Å². The molecule has 122 valence electrons. The van der Waals surface area contributed by atoms with E-state index < -0.39 is 10.0 Å². The van der Waals surface area contributed by atoms with Crippen LogP contribution in [0.2, 0.25) is 0 Å². The lowest BCUT2D eigenvalue weighted by Crippen LogP contribution is -2.24. The first-order valence-electron chi connectivity index (χ1n) is 7.43. The molecule has 1 rings (SSSR count). The van der Waals surface area contributed by atoms with Gasteiger partial charge < -0.3 is 10.3 Å². The summed E-state index contributed by atoms with van der Waals surface area (Å²) in [5.41, 5.74) is 6.47. The summed E-state index contributed by atoms with van der Waals surface area (Å²) in [6.07, 6.45) is 8.06. The number of hydrogen-bond donors (Lipinski definition) is 2. The average molecular weight is 334 g/mol. The Labute approximate surface area is 132 Å². The van der Waals surface area contributed by atoms with Crippen LogP contribution in [0.25, 0.3) is 0 Å². The minimum absolute atomic E-state index is 0.312. The molecule has 1 heterocycles. The Morgan fingerprint density at radius 1 is 1.29 bits per heavy atom. The molecular formula is C14H27N3O2S2. The summed E-state index contributed by atoms with van der Waals surface area (Å²) < 4.78 is 28.9. The van der Waals surface area contributed by atoms with Crippen molar-refractivity contribution in [2.75, 3.05) is 18.6 Å². The van der Waals surface area contributed by atoms with Gasteiger partial charge in [-0.05, 0) is 37.8 Å². The third kappa shape index (κ3) is 6.02. The van der Waals surface area contributed by atoms with E-state index in [-0.39, 0.29) is 0 Å². The topological polar surface area (TPSA) is 77.1 Å². The number of nitrogens with zero attached hydrogens (tertiary/aromatic N) is 1. The van der Waals surface area contributed by atoms with Crippen LogP contribution in [0.15, 0.2) is 17.2 Å². The van der Waals surface area contributed by atoms with E-state index in [0.717, 1.165) is 31.5 Å². The van der Waals surface area contributed by atoms with Gasteiger partial charge in [0.2, 0.25) is 10.0 Å². The minimum atomic E-state index is -3.41. The molecule has 0 amide bonds. The van der Waals surface area contributed by atoms with Crippen LogP contribution in [-0.4, -0.2) is 31.5 Å². The second-order valence-electron chi connectivity index (χ2n) is 4.96. The van der Waals surface area contributed by atoms with Crippen molar-refractivity contribution in [3.8, 4) is 0 Å². The molecule has 0 atom stereocenters. The van der Waals surface area contributed by atoms with Crippen LogP contribution in [0, 0.1) is 0 Å². The predicted octanol–water partition coefficient (Wildman–Crippen LogP) is 2.17. The summed E-state index contributed by atoms with van der Waals surface area (Å²) >= 11 is 1.85. The zero-order valence-corrected chi connectivity index (χ0v) is 14.6. The fourth-order valence-corrected chi connectivity index (χ4v) is 3.78. The van der Waals surface area contributed by atoms with Gasteiger partial charge >= 0.3 is 0 Å². The van der Waals surface area contributed by atoms with E-state index in [2.05, 4.69) is 11.0 Å². The zero-order valence-electron chi connectivity index (χ0n) is 13.0. The number of rotatable bonds is 11. The molecule has 0 saturated heterocycles. The fourth-order valence-electron chi connectivity index (χ4n) is 2.15. The molecule has 0 aliphatic carbocycles. The smallest absolute Gasteiger partial charge is 0.242 e. The predicted molar refractivity (Wildman–Crippen MR) is 90.0 cm³/mol. The van der Waals surface area contributed by atoms with E-state index in [0.29, 0.717) is 18.0 Å². The number of aryl methyl sites for hydroxylation is 1. The molecular weight excluding hydrogens is 306 g/mol. The van der Waals surface area contributed by atoms with Crippen molar-refractivity contribution in [3.63, 3.8) is 0 Å². The van der Waals surface area contributed by atoms with Gasteiger partial charge in [0.1, 0.15) is 0 Å². The Kier molecular flexibility index (Phi) is 8.39. The molecule has 5 nitrogen and oxygen atoms in total. The van der Waals surface area contributed by atoms with Gasteiger partial charge in [-0.3, -0.25) is 0 Å². The maximum Gasteiger partial charge on any atom is 0.242 e. The second kappa shape index (κ2) is 9.50. The Morgan fingerprint density at radius 2 is 2.00 bits per heavy atom. The molecule has 0 saturated carbocycles. The maximum atomic E-state index is 12.2. The van der Waals surface area contributed by atoms with Crippen molar-refractivity contribution < 1.29 is 8.42 Å². The van der Waals surface area contributed by atoms with Crippen molar-refractivity contribution in [2.45, 2.75) is 50.6 Å². The number of thioether (sulfide) groups is 1. The molecule has 0 aliphatic rings. The van der Waals surface area contributed by atoms with Crippen LogP contribution >= 0.6 is 11.8 Å². The largest absolute Gasteiger partial charge is 0.349 e. The highest BCUT2D eigenvalue weighted by molar-refractivity contribution is 7.98. The van der Waals surface area contributed by atoms with Gasteiger partial charge in [-0.15, -0.1) is 0 Å². The molecule has 0 radical (unpaired) electrons. The number of unbranched alkanes of at least 4 members (excludes halogenated alkanes) is 3. The summed E-state index contributed by atoms with van der Waals surface area (Å²) in [6.45, 7) is 3.53. The summed E-state index contributed by atoms with van der Waals surface area (Å²) in [4.78, 5) is 0.312. The number of sulfonamides is 1. The van der Waals surface area contributed by atoms with Crippen LogP contribution in [0.1, 0.15) is 38.3 Å². The molecule has 0 aliphatic heterocycles. The lowest BCUT2D eigenvalue weighted by atomic mass is 10.2. The van der Waals surface area contributed by atoms with Gasteiger partial charge in [0.15, 0.2) is 0 Å². The number of hydrogen-bond acceptors (Lipinski definition) is 4. The van der Waals surface area contributed by atoms with Crippen LogP contribution in [-0.2, 0) is 23.1 Å². The second-order valence-corrected chi connectivity index (χ2v) is 7.71. The average Bonchev–Trinajstić information content (AvgIpc) is 2.90. The Bertz CT molecular complexity index is 491. The van der Waals surface area contributed by atoms with Crippen LogP contribution in [0.5, 0.6) is 0 Å². The highest BCUT2D eigenvalue weighted by Gasteiger charge is 2.16. The Balaban J connectivity index is 2.44. The molecule has 7 heteroatoms. The fraction of sp³-hybridized carbons (Fsp3) is 0.714. The highest BCUT2D eigenvalue weighted by Crippen LogP contribution is 2.14. The van der Waals surface area contributed by atoms with Crippen molar-refractivity contribution in [2.24, 2.45) is 5.73 Å². The van der Waals surface area contributed by atoms with Crippen molar-refractivity contribution >= 4 is 21.8 Å². The summed E-state index contributed by atoms with van der Waals surface area (Å²) in [7, 11) is -3.41. The first-order valence-corrected chi connectivity index (χ1v) is 10.3. The van der Waals surface area contributed by atoms with Crippen LogP contribution in [0.4, 0.5) is 0 Å². The maximum absolute atomic E-state index is 12.2. The normalized spacial score (nSPS) is 12.0. The van der Waals surface area contributed by atoms with Crippen LogP contribution < -0.4 is 10.5 Å². The van der Waals surface area contributed by atoms with E-state index in [4.69, 9.17) is 5.73 Å². The van der Waals surface area contributed by atoms with Crippen molar-refractivity contribution in [1.29, 1.82) is 0 Å². The third-order valence-corrected chi connectivity index (χ3v) is 5.51. The van der Waals surface area contributed by atoms with Crippen molar-refractivity contribution in [3.05, 3.63) is 18.0 Å². The molecule has 1 aromatic rings. The number of aromatic nitrogens is 1. The van der Waals surface area contributed by atoms with Gasteiger partial charge in [0.05, 0.1) is 4.90 Å². The molecule has 1 aromatic heterocycles. The van der Waals surface area contributed by atoms with Gasteiger partial charge in [-0.2, -0.15) is 11.8 Å². The molecule has 0 fully saturated rings. The Morgan fingerprint density at radius 3 is 2.57 bits per heavy atom. The zero-order chi connectivity index (χ0) is 15.7. The SMILES string of the molecule is CCn1cc(S(=O)(=O)NCCCCCCSC)cc1CN. The van der Waals surface area contributed by atoms with E-state index in [1.165, 1.54) is 12.2 Å². The van der Waals surface area contributed by atoms with Crippen molar-refractivity contribution in [1.82, 2.24) is 9.29 Å². The molecule has 0 aromatic carbocycles. The first-order chi connectivity index (χ1) is 10.0. The summed E-state index contributed by atoms with van der Waals surface area (Å²) in [6, 6.07) is 1.66. The molecule has 3 N–H and O–H groups in total. The highest BCUT2D eigenvalue weighted by atomic mass is 32.2. The summed E-state index contributed by atoms with van der Waals surface area (Å²) in [5.74, 6) is 1.18. The molecule has 0 bridgehead atoms. The lowest BCUT2D eigenvalue weighted by Gasteiger charge is -2.05. The van der Waals surface area contributed by atoms with Gasteiger partial charge in [-0.25, -0.2) is 13.1 Å². The van der Waals surface area contributed by atoms with Gasteiger partial charge in [0.25, 0.3) is 0 Å². The quantitative estimate of drug-likeness (QED) is 0.608. The lowest BCUT2D eigenvalue weighted by molar-refractivity contribution is 0.573. The standard InChI is InChI=1S/C14H27N3O2S2/c1-3-17-12-14(10-13(17)11-15)21(18,19)16-8-6-4-5-7-9-20-2/h10,12,16H,3-9,11,15H2,1-2H3. The number of nitrogens with two attached hydrogens (primary N) is 1. The monoisotopic (exact) mass is 333 g/mol. The Hall–Kier alpha value is -0.500. The van der Waals surface area contributed by atoms with Gasteiger partial charge in [0, 0.05) is 31.5 Å². The molecule has 0 spiro atoms. The third-order valence-electron chi connectivity index (χ3n) is 3.39. The first kappa shape index (κ1) is 18.5. The molecule has 0 unspecified atom stereocenters.